The number of likely N-dealkylation sites (N-methyl/N-ethyl adjacent to an activating group) is 1. The summed E-state index contributed by atoms with van der Waals surface area (Å²) in [4.78, 5) is 15.0. The maximum atomic E-state index is 12.9. The van der Waals surface area contributed by atoms with Crippen molar-refractivity contribution in [1.82, 2.24) is 14.8 Å². The van der Waals surface area contributed by atoms with Gasteiger partial charge in [0.05, 0.1) is 0 Å². The highest BCUT2D eigenvalue weighted by atomic mass is 32.2. The molecule has 3 rings (SSSR count). The van der Waals surface area contributed by atoms with Crippen LogP contribution in [0.1, 0.15) is 36.8 Å². The van der Waals surface area contributed by atoms with Crippen LogP contribution in [0, 0.1) is 26.7 Å². The maximum Gasteiger partial charge on any atom is 0.248 e. The number of aromatic nitrogens is 1. The first-order chi connectivity index (χ1) is 14.8. The molecule has 2 aromatic rings. The van der Waals surface area contributed by atoms with Crippen LogP contribution >= 0.6 is 0 Å². The van der Waals surface area contributed by atoms with Crippen molar-refractivity contribution in [1.29, 1.82) is 0 Å². The molecule has 9 heteroatoms. The van der Waals surface area contributed by atoms with Gasteiger partial charge in [0.15, 0.2) is 5.76 Å². The summed E-state index contributed by atoms with van der Waals surface area (Å²) in [6, 6.07) is 8.22. The van der Waals surface area contributed by atoms with E-state index in [1.54, 1.807) is 13.8 Å². The Bertz CT molecular complexity index is 991. The second kappa shape index (κ2) is 9.82. The molecule has 2 heterocycles. The largest absolute Gasteiger partial charge is 0.370 e. The summed E-state index contributed by atoms with van der Waals surface area (Å²) in [5.41, 5.74) is 2.76. The number of anilines is 1. The predicted octanol–water partition coefficient (Wildman–Crippen LogP) is 2.64. The third-order valence-corrected chi connectivity index (χ3v) is 8.05. The average molecular weight is 449 g/mol. The standard InChI is InChI=1S/C22H32N4O4S/c1-5-25(20-9-7-6-8-16(20)2)15-12-23-22(27)19-10-13-26(14-11-19)31(28,29)21-17(3)24-30-18(21)4/h6-9,19H,5,10-15H2,1-4H3,(H,23,27). The van der Waals surface area contributed by atoms with Gasteiger partial charge in [-0.05, 0) is 52.2 Å². The number of aryl methyl sites for hydroxylation is 3. The zero-order valence-electron chi connectivity index (χ0n) is 18.7. The van der Waals surface area contributed by atoms with Gasteiger partial charge in [-0.3, -0.25) is 4.79 Å². The van der Waals surface area contributed by atoms with E-state index in [2.05, 4.69) is 41.4 Å². The molecule has 1 aliphatic rings. The van der Waals surface area contributed by atoms with Gasteiger partial charge in [0.2, 0.25) is 15.9 Å². The Labute approximate surface area is 184 Å². The Kier molecular flexibility index (Phi) is 7.38. The fourth-order valence-corrected chi connectivity index (χ4v) is 5.92. The summed E-state index contributed by atoms with van der Waals surface area (Å²) in [5.74, 6) is 0.117. The monoisotopic (exact) mass is 448 g/mol. The summed E-state index contributed by atoms with van der Waals surface area (Å²) in [6.07, 6.45) is 1.01. The first-order valence-corrected chi connectivity index (χ1v) is 12.2. The van der Waals surface area contributed by atoms with Gasteiger partial charge in [-0.1, -0.05) is 23.4 Å². The normalized spacial score (nSPS) is 15.7. The van der Waals surface area contributed by atoms with Gasteiger partial charge < -0.3 is 14.7 Å². The zero-order valence-corrected chi connectivity index (χ0v) is 19.5. The highest BCUT2D eigenvalue weighted by molar-refractivity contribution is 7.89. The number of hydrogen-bond acceptors (Lipinski definition) is 6. The lowest BCUT2D eigenvalue weighted by molar-refractivity contribution is -0.126. The summed E-state index contributed by atoms with van der Waals surface area (Å²) in [7, 11) is -3.66. The van der Waals surface area contributed by atoms with E-state index in [4.69, 9.17) is 4.52 Å². The predicted molar refractivity (Wildman–Crippen MR) is 120 cm³/mol. The van der Waals surface area contributed by atoms with Crippen LogP contribution in [-0.4, -0.2) is 56.5 Å². The van der Waals surface area contributed by atoms with Crippen LogP contribution in [0.3, 0.4) is 0 Å². The zero-order chi connectivity index (χ0) is 22.6. The van der Waals surface area contributed by atoms with Crippen molar-refractivity contribution < 1.29 is 17.7 Å². The molecular formula is C22H32N4O4S. The van der Waals surface area contributed by atoms with Gasteiger partial charge in [-0.15, -0.1) is 0 Å². The molecule has 0 aliphatic carbocycles. The van der Waals surface area contributed by atoms with Crippen LogP contribution in [0.25, 0.3) is 0 Å². The van der Waals surface area contributed by atoms with Crippen molar-refractivity contribution in [3.8, 4) is 0 Å². The fourth-order valence-electron chi connectivity index (χ4n) is 4.16. The maximum absolute atomic E-state index is 12.9. The lowest BCUT2D eigenvalue weighted by Crippen LogP contribution is -2.44. The average Bonchev–Trinajstić information content (AvgIpc) is 3.10. The minimum Gasteiger partial charge on any atom is -0.370 e. The van der Waals surface area contributed by atoms with Crippen LogP contribution in [0.2, 0.25) is 0 Å². The van der Waals surface area contributed by atoms with Crippen LogP contribution in [0.5, 0.6) is 0 Å². The molecule has 1 fully saturated rings. The molecule has 0 spiro atoms. The minimum absolute atomic E-state index is 0.00442. The Balaban J connectivity index is 1.51. The van der Waals surface area contributed by atoms with Gasteiger partial charge in [0.25, 0.3) is 0 Å². The molecule has 1 saturated heterocycles. The van der Waals surface area contributed by atoms with Gasteiger partial charge in [-0.2, -0.15) is 4.31 Å². The molecule has 0 atom stereocenters. The summed E-state index contributed by atoms with van der Waals surface area (Å²) in [5, 5.41) is 6.79. The van der Waals surface area contributed by atoms with Crippen molar-refractivity contribution >= 4 is 21.6 Å². The van der Waals surface area contributed by atoms with Crippen LogP contribution < -0.4 is 10.2 Å². The summed E-state index contributed by atoms with van der Waals surface area (Å²) < 4.78 is 32.3. The molecule has 0 saturated carbocycles. The fraction of sp³-hybridized carbons (Fsp3) is 0.545. The molecule has 170 valence electrons. The Hall–Kier alpha value is -2.39. The Morgan fingerprint density at radius 3 is 2.48 bits per heavy atom. The van der Waals surface area contributed by atoms with Crippen molar-refractivity contribution in [3.63, 3.8) is 0 Å². The highest BCUT2D eigenvalue weighted by Crippen LogP contribution is 2.27. The van der Waals surface area contributed by atoms with Crippen LogP contribution in [0.15, 0.2) is 33.7 Å². The van der Waals surface area contributed by atoms with Crippen molar-refractivity contribution in [2.24, 2.45) is 5.92 Å². The number of amides is 1. The second-order valence-corrected chi connectivity index (χ2v) is 9.86. The third kappa shape index (κ3) is 5.10. The molecule has 1 aromatic heterocycles. The van der Waals surface area contributed by atoms with E-state index in [1.807, 2.05) is 12.1 Å². The molecule has 0 bridgehead atoms. The van der Waals surface area contributed by atoms with Gasteiger partial charge >= 0.3 is 0 Å². The number of benzene rings is 1. The van der Waals surface area contributed by atoms with Crippen molar-refractivity contribution in [3.05, 3.63) is 41.3 Å². The van der Waals surface area contributed by atoms with E-state index < -0.39 is 10.0 Å². The lowest BCUT2D eigenvalue weighted by atomic mass is 9.97. The van der Waals surface area contributed by atoms with E-state index in [0.717, 1.165) is 13.1 Å². The Morgan fingerprint density at radius 1 is 1.23 bits per heavy atom. The van der Waals surface area contributed by atoms with Gasteiger partial charge in [-0.25, -0.2) is 8.42 Å². The number of para-hydroxylation sites is 1. The smallest absolute Gasteiger partial charge is 0.248 e. The number of piperidine rings is 1. The van der Waals surface area contributed by atoms with Crippen molar-refractivity contribution in [2.75, 3.05) is 37.6 Å². The number of sulfonamides is 1. The van der Waals surface area contributed by atoms with E-state index >= 15 is 0 Å². The summed E-state index contributed by atoms with van der Waals surface area (Å²) in [6.45, 7) is 10.2. The molecular weight excluding hydrogens is 416 g/mol. The Morgan fingerprint density at radius 2 is 1.90 bits per heavy atom. The number of nitrogens with zero attached hydrogens (tertiary/aromatic N) is 3. The minimum atomic E-state index is -3.66. The number of hydrogen-bond donors (Lipinski definition) is 1. The highest BCUT2D eigenvalue weighted by Gasteiger charge is 2.35. The summed E-state index contributed by atoms with van der Waals surface area (Å²) >= 11 is 0. The third-order valence-electron chi connectivity index (χ3n) is 5.91. The number of carbonyl (C=O) groups excluding carboxylic acids is 1. The quantitative estimate of drug-likeness (QED) is 0.667. The van der Waals surface area contributed by atoms with E-state index in [1.165, 1.54) is 15.6 Å². The molecule has 0 radical (unpaired) electrons. The van der Waals surface area contributed by atoms with Crippen LogP contribution in [0.4, 0.5) is 5.69 Å². The van der Waals surface area contributed by atoms with Gasteiger partial charge in [0.1, 0.15) is 10.6 Å². The molecule has 1 aromatic carbocycles. The van der Waals surface area contributed by atoms with Crippen LogP contribution in [-0.2, 0) is 14.8 Å². The lowest BCUT2D eigenvalue weighted by Gasteiger charge is -2.31. The van der Waals surface area contributed by atoms with Crippen molar-refractivity contribution in [2.45, 2.75) is 45.4 Å². The topological polar surface area (TPSA) is 95.8 Å². The first-order valence-electron chi connectivity index (χ1n) is 10.8. The second-order valence-electron chi connectivity index (χ2n) is 7.99. The molecule has 1 aliphatic heterocycles. The van der Waals surface area contributed by atoms with Gasteiger partial charge in [0, 0.05) is 44.3 Å². The SMILES string of the molecule is CCN(CCNC(=O)C1CCN(S(=O)(=O)c2c(C)noc2C)CC1)c1ccccc1C. The number of nitrogens with one attached hydrogen (secondary N) is 1. The molecule has 0 unspecified atom stereocenters. The van der Waals surface area contributed by atoms with E-state index in [-0.39, 0.29) is 16.7 Å². The molecule has 1 N–H and O–H groups in total. The molecule has 1 amide bonds. The number of rotatable bonds is 8. The number of carbonyl (C=O) groups is 1. The molecule has 8 nitrogen and oxygen atoms in total. The van der Waals surface area contributed by atoms with E-state index in [9.17, 15) is 13.2 Å². The van der Waals surface area contributed by atoms with E-state index in [0.29, 0.717) is 43.9 Å². The first kappa shape index (κ1) is 23.3. The molecule has 31 heavy (non-hydrogen) atoms.